The fourth-order valence-electron chi connectivity index (χ4n) is 0. The first kappa shape index (κ1) is 9.80. The molecule has 0 rings (SSSR count). The van der Waals surface area contributed by atoms with Gasteiger partial charge in [0.25, 0.3) is 0 Å². The molecule has 0 atom stereocenters. The first-order valence-corrected chi connectivity index (χ1v) is 2.37. The number of rotatable bonds is 1. The van der Waals surface area contributed by atoms with E-state index in [1.54, 1.807) is 0 Å². The van der Waals surface area contributed by atoms with Crippen molar-refractivity contribution < 1.29 is 9.90 Å². The van der Waals surface area contributed by atoms with Gasteiger partial charge in [0, 0.05) is 0 Å². The van der Waals surface area contributed by atoms with Crippen molar-refractivity contribution in [2.75, 3.05) is 6.61 Å². The van der Waals surface area contributed by atoms with Gasteiger partial charge in [-0.05, 0) is 6.92 Å². The van der Waals surface area contributed by atoms with Gasteiger partial charge in [-0.15, -0.1) is 0 Å². The van der Waals surface area contributed by atoms with Crippen LogP contribution >= 0.6 is 0 Å². The molecule has 1 N–H and O–H groups in total. The van der Waals surface area contributed by atoms with Crippen molar-refractivity contribution >= 4 is 5.78 Å². The van der Waals surface area contributed by atoms with Gasteiger partial charge in [0.2, 0.25) is 0 Å². The second-order valence-corrected chi connectivity index (χ2v) is 0.860. The van der Waals surface area contributed by atoms with Gasteiger partial charge in [0.05, 0.1) is 0 Å². The van der Waals surface area contributed by atoms with Crippen LogP contribution in [-0.4, -0.2) is 17.5 Å². The quantitative estimate of drug-likeness (QED) is 0.528. The van der Waals surface area contributed by atoms with Gasteiger partial charge < -0.3 is 5.11 Å². The Kier molecular flexibility index (Phi) is 12.8. The molecule has 7 heavy (non-hydrogen) atoms. The largest absolute Gasteiger partial charge is 0.389 e. The smallest absolute Gasteiger partial charge is 0.155 e. The fraction of sp³-hybridized carbons (Fsp3) is 0.800. The summed E-state index contributed by atoms with van der Waals surface area (Å²) in [4.78, 5) is 9.56. The van der Waals surface area contributed by atoms with Gasteiger partial charge in [-0.1, -0.05) is 13.8 Å². The van der Waals surface area contributed by atoms with Crippen LogP contribution in [0, 0.1) is 0 Å². The highest BCUT2D eigenvalue weighted by Crippen LogP contribution is 1.55. The topological polar surface area (TPSA) is 37.3 Å². The maximum absolute atomic E-state index is 9.56. The Labute approximate surface area is 44.2 Å². The van der Waals surface area contributed by atoms with Gasteiger partial charge in [-0.3, -0.25) is 4.79 Å². The molecule has 0 aliphatic heterocycles. The van der Waals surface area contributed by atoms with E-state index in [1.165, 1.54) is 6.92 Å². The Morgan fingerprint density at radius 1 is 1.57 bits per heavy atom. The minimum absolute atomic E-state index is 0.190. The van der Waals surface area contributed by atoms with E-state index in [2.05, 4.69) is 0 Å². The molecule has 44 valence electrons. The standard InChI is InChI=1S/C3H6O2.C2H6/c1-3(5)2-4;1-2/h4H,2H2,1H3;1-2H3. The molecule has 0 aromatic carbocycles. The molecule has 2 nitrogen and oxygen atoms in total. The van der Waals surface area contributed by atoms with E-state index in [0.717, 1.165) is 0 Å². The number of hydrogen-bond donors (Lipinski definition) is 1. The summed E-state index contributed by atoms with van der Waals surface area (Å²) in [5.41, 5.74) is 0. The average Bonchev–Trinajstić information content (AvgIpc) is 1.73. The zero-order valence-electron chi connectivity index (χ0n) is 5.06. The first-order valence-electron chi connectivity index (χ1n) is 2.37. The van der Waals surface area contributed by atoms with Crippen LogP contribution in [0.15, 0.2) is 0 Å². The van der Waals surface area contributed by atoms with E-state index in [-0.39, 0.29) is 12.4 Å². The van der Waals surface area contributed by atoms with Gasteiger partial charge in [0.15, 0.2) is 5.78 Å². The highest BCUT2D eigenvalue weighted by atomic mass is 16.3. The summed E-state index contributed by atoms with van der Waals surface area (Å²) in [6.45, 7) is 5.00. The lowest BCUT2D eigenvalue weighted by molar-refractivity contribution is -0.119. The van der Waals surface area contributed by atoms with E-state index in [4.69, 9.17) is 5.11 Å². The summed E-state index contributed by atoms with van der Waals surface area (Å²) >= 11 is 0. The molecule has 0 aromatic heterocycles. The monoisotopic (exact) mass is 104 g/mol. The van der Waals surface area contributed by atoms with Crippen molar-refractivity contribution in [1.29, 1.82) is 0 Å². The lowest BCUT2D eigenvalue weighted by atomic mass is 10.5. The predicted molar refractivity (Wildman–Crippen MR) is 29.1 cm³/mol. The molecule has 0 bridgehead atoms. The second-order valence-electron chi connectivity index (χ2n) is 0.860. The Morgan fingerprint density at radius 3 is 1.71 bits per heavy atom. The van der Waals surface area contributed by atoms with E-state index in [9.17, 15) is 4.79 Å². The molecule has 0 fully saturated rings. The highest BCUT2D eigenvalue weighted by Gasteiger charge is 1.78. The van der Waals surface area contributed by atoms with Crippen LogP contribution in [0.4, 0.5) is 0 Å². The minimum Gasteiger partial charge on any atom is -0.389 e. The van der Waals surface area contributed by atoms with Crippen LogP contribution in [0.1, 0.15) is 20.8 Å². The zero-order chi connectivity index (χ0) is 6.28. The Balaban J connectivity index is 0. The Hall–Kier alpha value is -0.370. The van der Waals surface area contributed by atoms with Crippen LogP contribution in [0.3, 0.4) is 0 Å². The van der Waals surface area contributed by atoms with Crippen molar-refractivity contribution in [3.8, 4) is 0 Å². The maximum atomic E-state index is 9.56. The van der Waals surface area contributed by atoms with Crippen molar-refractivity contribution in [3.63, 3.8) is 0 Å². The molecule has 0 radical (unpaired) electrons. The van der Waals surface area contributed by atoms with Gasteiger partial charge >= 0.3 is 0 Å². The second kappa shape index (κ2) is 9.16. The average molecular weight is 104 g/mol. The van der Waals surface area contributed by atoms with Crippen LogP contribution < -0.4 is 0 Å². The number of Topliss-reactive ketones (excluding diaryl/α,β-unsaturated/α-hetero) is 1. The number of aliphatic hydroxyl groups is 1. The third kappa shape index (κ3) is 27.9. The van der Waals surface area contributed by atoms with Crippen LogP contribution in [0.5, 0.6) is 0 Å². The fourth-order valence-corrected chi connectivity index (χ4v) is 0. The van der Waals surface area contributed by atoms with E-state index < -0.39 is 0 Å². The third-order valence-corrected chi connectivity index (χ3v) is 0.223. The summed E-state index contributed by atoms with van der Waals surface area (Å²) in [7, 11) is 0. The summed E-state index contributed by atoms with van der Waals surface area (Å²) in [6, 6.07) is 0. The number of hydrogen-bond acceptors (Lipinski definition) is 2. The number of carbonyl (C=O) groups excluding carboxylic acids is 1. The molecular formula is C5H12O2. The molecule has 0 aliphatic rings. The summed E-state index contributed by atoms with van der Waals surface area (Å²) in [6.07, 6.45) is 0. The van der Waals surface area contributed by atoms with E-state index in [1.807, 2.05) is 13.8 Å². The molecule has 0 saturated carbocycles. The molecule has 0 aromatic rings. The molecule has 0 amide bonds. The number of aliphatic hydroxyl groups excluding tert-OH is 1. The predicted octanol–water partition coefficient (Wildman–Crippen LogP) is 0.594. The molecule has 0 spiro atoms. The summed E-state index contributed by atoms with van der Waals surface area (Å²) in [5.74, 6) is -0.190. The molecule has 0 heterocycles. The maximum Gasteiger partial charge on any atom is 0.155 e. The van der Waals surface area contributed by atoms with E-state index >= 15 is 0 Å². The lowest BCUT2D eigenvalue weighted by Crippen LogP contribution is -1.93. The Morgan fingerprint density at radius 2 is 1.71 bits per heavy atom. The third-order valence-electron chi connectivity index (χ3n) is 0.223. The number of ketones is 1. The van der Waals surface area contributed by atoms with Gasteiger partial charge in [-0.2, -0.15) is 0 Å². The molecule has 0 saturated heterocycles. The van der Waals surface area contributed by atoms with Crippen molar-refractivity contribution in [3.05, 3.63) is 0 Å². The molecular weight excluding hydrogens is 92.1 g/mol. The van der Waals surface area contributed by atoms with Gasteiger partial charge in [0.1, 0.15) is 6.61 Å². The molecule has 0 aliphatic carbocycles. The first-order chi connectivity index (χ1) is 3.27. The Bertz CT molecular complexity index is 41.3. The normalized spacial score (nSPS) is 6.29. The SMILES string of the molecule is CC.CC(=O)CO. The van der Waals surface area contributed by atoms with Crippen molar-refractivity contribution in [2.45, 2.75) is 20.8 Å². The molecule has 0 unspecified atom stereocenters. The van der Waals surface area contributed by atoms with Crippen molar-refractivity contribution in [1.82, 2.24) is 0 Å². The zero-order valence-corrected chi connectivity index (χ0v) is 5.06. The number of carbonyl (C=O) groups is 1. The van der Waals surface area contributed by atoms with Crippen LogP contribution in [0.2, 0.25) is 0 Å². The van der Waals surface area contributed by atoms with Crippen LogP contribution in [0.25, 0.3) is 0 Å². The van der Waals surface area contributed by atoms with Gasteiger partial charge in [-0.25, -0.2) is 0 Å². The van der Waals surface area contributed by atoms with Crippen LogP contribution in [-0.2, 0) is 4.79 Å². The lowest BCUT2D eigenvalue weighted by Gasteiger charge is -1.72. The summed E-state index contributed by atoms with van der Waals surface area (Å²) in [5, 5.41) is 7.79. The summed E-state index contributed by atoms with van der Waals surface area (Å²) < 4.78 is 0. The molecule has 2 heteroatoms. The van der Waals surface area contributed by atoms with E-state index in [0.29, 0.717) is 0 Å². The van der Waals surface area contributed by atoms with Crippen molar-refractivity contribution in [2.24, 2.45) is 0 Å². The minimum atomic E-state index is -0.333. The highest BCUT2D eigenvalue weighted by molar-refractivity contribution is 5.76.